The van der Waals surface area contributed by atoms with E-state index in [1.165, 1.54) is 0 Å². The van der Waals surface area contributed by atoms with Crippen LogP contribution in [0.25, 0.3) is 58.9 Å². The second-order valence-corrected chi connectivity index (χ2v) is 6.54. The van der Waals surface area contributed by atoms with E-state index in [1.807, 2.05) is 60.7 Å². The van der Waals surface area contributed by atoms with Crippen molar-refractivity contribution >= 4 is 58.9 Å². The molecule has 3 aromatic heterocycles. The van der Waals surface area contributed by atoms with Gasteiger partial charge in [0, 0.05) is 11.0 Å². The molecule has 0 saturated carbocycles. The molecule has 0 radical (unpaired) electrons. The lowest BCUT2D eigenvalue weighted by Crippen LogP contribution is -2.08. The maximum Gasteiger partial charge on any atom is 0.0906 e. The topological polar surface area (TPSA) is 97.8 Å². The van der Waals surface area contributed by atoms with Crippen LogP contribution in [0.2, 0.25) is 0 Å². The molecule has 3 aromatic rings. The van der Waals surface area contributed by atoms with Crippen LogP contribution < -0.4 is 10.4 Å². The van der Waals surface area contributed by atoms with Crippen molar-refractivity contribution in [3.05, 3.63) is 69.6 Å². The molecular formula is C22H16N4O2. The molecular weight excluding hydrogens is 352 g/mol. The molecule has 8 bridgehead atoms. The number of aromatic nitrogens is 4. The van der Waals surface area contributed by atoms with Gasteiger partial charge in [-0.3, -0.25) is 0 Å². The first-order chi connectivity index (χ1) is 13.7. The molecule has 28 heavy (non-hydrogen) atoms. The number of aromatic amines is 2. The van der Waals surface area contributed by atoms with Crippen LogP contribution in [0.1, 0.15) is 22.8 Å². The van der Waals surface area contributed by atoms with E-state index in [4.69, 9.17) is 0 Å². The van der Waals surface area contributed by atoms with Gasteiger partial charge in [0.15, 0.2) is 0 Å². The average molecular weight is 368 g/mol. The zero-order valence-corrected chi connectivity index (χ0v) is 14.7. The van der Waals surface area contributed by atoms with Gasteiger partial charge in [-0.1, -0.05) is 0 Å². The fraction of sp³-hybridized carbons (Fsp3) is 0. The quantitative estimate of drug-likeness (QED) is 0.337. The van der Waals surface area contributed by atoms with Gasteiger partial charge in [-0.15, -0.1) is 0 Å². The number of hydrogen-bond acceptors (Lipinski definition) is 4. The maximum atomic E-state index is 9.81. The number of aliphatic hydroxyl groups is 2. The number of aliphatic hydroxyl groups excluding tert-OH is 2. The van der Waals surface area contributed by atoms with Crippen molar-refractivity contribution < 1.29 is 10.2 Å². The molecule has 2 aliphatic rings. The van der Waals surface area contributed by atoms with Crippen molar-refractivity contribution in [1.29, 1.82) is 0 Å². The summed E-state index contributed by atoms with van der Waals surface area (Å²) < 4.78 is 0. The molecule has 5 rings (SSSR count). The standard InChI is InChI=1S/C22H16N4O2/c27-11-17-19-5-3-15(24-19)9-13-1-2-14(23-13)10-16-4-6-20(25-16)18(12-28)22-8-7-21(17)26-22/h1-12,23,26-28H. The lowest BCUT2D eigenvalue weighted by Gasteiger charge is -1.90. The number of H-pyrrole nitrogens is 2. The molecule has 6 heteroatoms. The second-order valence-electron chi connectivity index (χ2n) is 6.54. The molecule has 0 fully saturated rings. The third-order valence-electron chi connectivity index (χ3n) is 4.74. The summed E-state index contributed by atoms with van der Waals surface area (Å²) in [6.07, 6.45) is 9.58. The molecule has 0 unspecified atom stereocenters. The highest BCUT2D eigenvalue weighted by molar-refractivity contribution is 5.78. The Balaban J connectivity index is 1.98. The second kappa shape index (κ2) is 6.28. The summed E-state index contributed by atoms with van der Waals surface area (Å²) in [6.45, 7) is 0. The van der Waals surface area contributed by atoms with E-state index in [9.17, 15) is 10.2 Å². The smallest absolute Gasteiger partial charge is 0.0906 e. The normalized spacial score (nSPS) is 14.1. The minimum absolute atomic E-state index is 0.562. The summed E-state index contributed by atoms with van der Waals surface area (Å²) in [5, 5.41) is 20.7. The first-order valence-electron chi connectivity index (χ1n) is 8.79. The van der Waals surface area contributed by atoms with E-state index in [1.54, 1.807) is 0 Å². The molecule has 2 aliphatic heterocycles. The number of fused-ring (bicyclic) bond motifs is 8. The van der Waals surface area contributed by atoms with Crippen LogP contribution in [-0.2, 0) is 0 Å². The van der Waals surface area contributed by atoms with Gasteiger partial charge in [0.05, 0.1) is 56.8 Å². The molecule has 5 heterocycles. The van der Waals surface area contributed by atoms with Gasteiger partial charge in [0.25, 0.3) is 0 Å². The zero-order chi connectivity index (χ0) is 19.1. The van der Waals surface area contributed by atoms with Gasteiger partial charge >= 0.3 is 0 Å². The first kappa shape index (κ1) is 16.1. The van der Waals surface area contributed by atoms with Crippen molar-refractivity contribution in [3.63, 3.8) is 0 Å². The summed E-state index contributed by atoms with van der Waals surface area (Å²) in [5.74, 6) is 0. The molecule has 0 atom stereocenters. The Hall–Kier alpha value is -4.06. The van der Waals surface area contributed by atoms with E-state index in [-0.39, 0.29) is 0 Å². The van der Waals surface area contributed by atoms with Gasteiger partial charge in [0.1, 0.15) is 0 Å². The summed E-state index contributed by atoms with van der Waals surface area (Å²) >= 11 is 0. The van der Waals surface area contributed by atoms with Crippen LogP contribution in [0.15, 0.2) is 36.4 Å². The molecule has 0 aromatic carbocycles. The average Bonchev–Trinajstić information content (AvgIpc) is 3.46. The lowest BCUT2D eigenvalue weighted by atomic mass is 10.3. The number of nitrogens with one attached hydrogen (secondary N) is 2. The SMILES string of the molecule is OC=c1c2nc(cc3ccc(cc4nc(c(=CO)c5ccc1[nH]5)C=C4)[nH]3)C=C2. The van der Waals surface area contributed by atoms with E-state index < -0.39 is 0 Å². The number of nitrogens with zero attached hydrogens (tertiary/aromatic N) is 2. The Morgan fingerprint density at radius 2 is 1.14 bits per heavy atom. The van der Waals surface area contributed by atoms with Crippen molar-refractivity contribution in [3.8, 4) is 0 Å². The Morgan fingerprint density at radius 1 is 0.643 bits per heavy atom. The van der Waals surface area contributed by atoms with Crippen LogP contribution in [0, 0.1) is 0 Å². The Bertz CT molecular complexity index is 1330. The lowest BCUT2D eigenvalue weighted by molar-refractivity contribution is 0.540. The van der Waals surface area contributed by atoms with Crippen molar-refractivity contribution in [1.82, 2.24) is 19.9 Å². The fourth-order valence-electron chi connectivity index (χ4n) is 3.39. The number of hydrogen-bond donors (Lipinski definition) is 4. The molecule has 136 valence electrons. The van der Waals surface area contributed by atoms with Crippen LogP contribution in [0.3, 0.4) is 0 Å². The maximum absolute atomic E-state index is 9.81. The molecule has 0 saturated heterocycles. The van der Waals surface area contributed by atoms with Crippen LogP contribution in [0.4, 0.5) is 0 Å². The van der Waals surface area contributed by atoms with Crippen molar-refractivity contribution in [2.45, 2.75) is 0 Å². The Labute approximate surface area is 159 Å². The van der Waals surface area contributed by atoms with E-state index >= 15 is 0 Å². The largest absolute Gasteiger partial charge is 0.515 e. The van der Waals surface area contributed by atoms with Gasteiger partial charge in [-0.2, -0.15) is 0 Å². The van der Waals surface area contributed by atoms with Crippen LogP contribution >= 0.6 is 0 Å². The zero-order valence-electron chi connectivity index (χ0n) is 14.7. The molecule has 0 amide bonds. The van der Waals surface area contributed by atoms with Gasteiger partial charge in [-0.05, 0) is 60.7 Å². The third-order valence-corrected chi connectivity index (χ3v) is 4.74. The van der Waals surface area contributed by atoms with Gasteiger partial charge in [-0.25, -0.2) is 9.97 Å². The van der Waals surface area contributed by atoms with E-state index in [0.29, 0.717) is 32.9 Å². The van der Waals surface area contributed by atoms with Gasteiger partial charge in [0.2, 0.25) is 0 Å². The molecule has 0 spiro atoms. The highest BCUT2D eigenvalue weighted by atomic mass is 16.2. The fourth-order valence-corrected chi connectivity index (χ4v) is 3.39. The molecule has 4 N–H and O–H groups in total. The van der Waals surface area contributed by atoms with E-state index in [0.717, 1.165) is 34.9 Å². The van der Waals surface area contributed by atoms with Gasteiger partial charge < -0.3 is 20.2 Å². The minimum Gasteiger partial charge on any atom is -0.515 e. The summed E-state index contributed by atoms with van der Waals surface area (Å²) in [5.41, 5.74) is 6.08. The summed E-state index contributed by atoms with van der Waals surface area (Å²) in [6, 6.07) is 11.5. The Morgan fingerprint density at radius 3 is 1.61 bits per heavy atom. The predicted octanol–water partition coefficient (Wildman–Crippen LogP) is 3.25. The van der Waals surface area contributed by atoms with E-state index in [2.05, 4.69) is 19.9 Å². The summed E-state index contributed by atoms with van der Waals surface area (Å²) in [7, 11) is 0. The highest BCUT2D eigenvalue weighted by Gasteiger charge is 2.05. The predicted molar refractivity (Wildman–Crippen MR) is 112 cm³/mol. The first-order valence-corrected chi connectivity index (χ1v) is 8.79. The number of rotatable bonds is 0. The molecule has 6 nitrogen and oxygen atoms in total. The summed E-state index contributed by atoms with van der Waals surface area (Å²) in [4.78, 5) is 15.8. The van der Waals surface area contributed by atoms with Crippen molar-refractivity contribution in [2.24, 2.45) is 0 Å². The highest BCUT2D eigenvalue weighted by Crippen LogP contribution is 2.14. The van der Waals surface area contributed by atoms with Crippen LogP contribution in [0.5, 0.6) is 0 Å². The van der Waals surface area contributed by atoms with Crippen LogP contribution in [-0.4, -0.2) is 30.1 Å². The van der Waals surface area contributed by atoms with Crippen molar-refractivity contribution in [2.75, 3.05) is 0 Å². The Kier molecular flexibility index (Phi) is 3.62. The third kappa shape index (κ3) is 2.68. The molecule has 0 aliphatic carbocycles. The monoisotopic (exact) mass is 368 g/mol. The minimum atomic E-state index is 0.562.